The predicted octanol–water partition coefficient (Wildman–Crippen LogP) is 1.75. The van der Waals surface area contributed by atoms with Gasteiger partial charge in [-0.25, -0.2) is 0 Å². The summed E-state index contributed by atoms with van der Waals surface area (Å²) in [6.07, 6.45) is 0. The number of amides is 2. The molecule has 1 saturated heterocycles. The molecule has 2 aromatic rings. The van der Waals surface area contributed by atoms with Gasteiger partial charge in [-0.2, -0.15) is 0 Å². The fraction of sp³-hybridized carbons (Fsp3) is 0.333. The quantitative estimate of drug-likeness (QED) is 0.787. The molecule has 0 bridgehead atoms. The first-order chi connectivity index (χ1) is 13.6. The molecule has 2 amide bonds. The Morgan fingerprint density at radius 3 is 2.64 bits per heavy atom. The second kappa shape index (κ2) is 9.23. The molecule has 0 spiro atoms. The maximum atomic E-state index is 12.8. The number of hydrogen-bond donors (Lipinski definition) is 1. The number of carbonyl (C=O) groups is 2. The fourth-order valence-electron chi connectivity index (χ4n) is 3.19. The highest BCUT2D eigenvalue weighted by Gasteiger charge is 2.34. The Bertz CT molecular complexity index is 825. The smallest absolute Gasteiger partial charge is 0.249 e. The molecular weight excluding hydrogens is 360 g/mol. The van der Waals surface area contributed by atoms with E-state index in [0.717, 1.165) is 11.1 Å². The Morgan fingerprint density at radius 1 is 1.14 bits per heavy atom. The second-order valence-corrected chi connectivity index (χ2v) is 6.41. The summed E-state index contributed by atoms with van der Waals surface area (Å²) >= 11 is 0. The summed E-state index contributed by atoms with van der Waals surface area (Å²) < 4.78 is 16.0. The molecule has 3 rings (SSSR count). The van der Waals surface area contributed by atoms with Crippen LogP contribution < -0.4 is 14.8 Å². The zero-order chi connectivity index (χ0) is 19.9. The van der Waals surface area contributed by atoms with Gasteiger partial charge in [-0.15, -0.1) is 0 Å². The van der Waals surface area contributed by atoms with E-state index in [2.05, 4.69) is 5.32 Å². The summed E-state index contributed by atoms with van der Waals surface area (Å²) in [6, 6.07) is 14.4. The third-order valence-electron chi connectivity index (χ3n) is 4.63. The number of hydrogen-bond acceptors (Lipinski definition) is 5. The summed E-state index contributed by atoms with van der Waals surface area (Å²) in [5, 5.41) is 2.88. The van der Waals surface area contributed by atoms with Crippen LogP contribution >= 0.6 is 0 Å². The Labute approximate surface area is 164 Å². The van der Waals surface area contributed by atoms with Gasteiger partial charge in [0.1, 0.15) is 12.6 Å². The van der Waals surface area contributed by atoms with Crippen molar-refractivity contribution in [1.29, 1.82) is 0 Å². The number of para-hydroxylation sites is 1. The minimum absolute atomic E-state index is 0.0136. The van der Waals surface area contributed by atoms with Gasteiger partial charge in [0.2, 0.25) is 11.8 Å². The van der Waals surface area contributed by atoms with Crippen molar-refractivity contribution < 1.29 is 23.8 Å². The van der Waals surface area contributed by atoms with Crippen LogP contribution in [0, 0.1) is 0 Å². The van der Waals surface area contributed by atoms with E-state index in [1.165, 1.54) is 0 Å². The zero-order valence-electron chi connectivity index (χ0n) is 16.0. The normalized spacial score (nSPS) is 16.6. The van der Waals surface area contributed by atoms with Crippen molar-refractivity contribution in [2.75, 3.05) is 27.4 Å². The Kier molecular flexibility index (Phi) is 6.49. The molecule has 1 heterocycles. The summed E-state index contributed by atoms with van der Waals surface area (Å²) in [5.41, 5.74) is 1.75. The number of methoxy groups -OCH3 is 2. The molecule has 7 heteroatoms. The van der Waals surface area contributed by atoms with E-state index in [4.69, 9.17) is 14.2 Å². The van der Waals surface area contributed by atoms with Crippen molar-refractivity contribution in [3.05, 3.63) is 59.7 Å². The van der Waals surface area contributed by atoms with E-state index in [-0.39, 0.29) is 31.6 Å². The second-order valence-electron chi connectivity index (χ2n) is 6.41. The minimum Gasteiger partial charge on any atom is -0.493 e. The van der Waals surface area contributed by atoms with Crippen LogP contribution in [0.25, 0.3) is 0 Å². The van der Waals surface area contributed by atoms with Crippen molar-refractivity contribution in [2.45, 2.75) is 19.1 Å². The molecule has 1 aliphatic heterocycles. The lowest BCUT2D eigenvalue weighted by atomic mass is 10.1. The summed E-state index contributed by atoms with van der Waals surface area (Å²) in [5.74, 6) is 0.696. The molecule has 0 aliphatic carbocycles. The van der Waals surface area contributed by atoms with Gasteiger partial charge in [0, 0.05) is 18.7 Å². The van der Waals surface area contributed by atoms with E-state index in [0.29, 0.717) is 18.0 Å². The Balaban J connectivity index is 1.70. The molecule has 0 unspecified atom stereocenters. The largest absolute Gasteiger partial charge is 0.493 e. The first-order valence-corrected chi connectivity index (χ1v) is 9.02. The predicted molar refractivity (Wildman–Crippen MR) is 103 cm³/mol. The number of morpholine rings is 1. The van der Waals surface area contributed by atoms with E-state index < -0.39 is 6.04 Å². The van der Waals surface area contributed by atoms with Gasteiger partial charge in [-0.3, -0.25) is 9.59 Å². The fourth-order valence-corrected chi connectivity index (χ4v) is 3.19. The summed E-state index contributed by atoms with van der Waals surface area (Å²) in [4.78, 5) is 26.7. The molecule has 148 valence electrons. The molecule has 28 heavy (non-hydrogen) atoms. The van der Waals surface area contributed by atoms with E-state index in [1.807, 2.05) is 42.5 Å². The maximum absolute atomic E-state index is 12.8. The van der Waals surface area contributed by atoms with E-state index in [9.17, 15) is 9.59 Å². The average molecular weight is 384 g/mol. The SMILES string of the molecule is COc1cccc(CNC(=O)[C@@H]2COCC(=O)N2Cc2ccccc2)c1OC. The van der Waals surface area contributed by atoms with E-state index >= 15 is 0 Å². The monoisotopic (exact) mass is 384 g/mol. The molecule has 0 aromatic heterocycles. The van der Waals surface area contributed by atoms with Crippen LogP contribution in [0.5, 0.6) is 11.5 Å². The lowest BCUT2D eigenvalue weighted by molar-refractivity contribution is -0.155. The highest BCUT2D eigenvalue weighted by molar-refractivity contribution is 5.89. The van der Waals surface area contributed by atoms with Gasteiger partial charge in [0.15, 0.2) is 11.5 Å². The third kappa shape index (κ3) is 4.43. The molecule has 1 N–H and O–H groups in total. The van der Waals surface area contributed by atoms with Gasteiger partial charge in [-0.05, 0) is 11.6 Å². The van der Waals surface area contributed by atoms with Crippen LogP contribution in [0.15, 0.2) is 48.5 Å². The number of rotatable bonds is 7. The van der Waals surface area contributed by atoms with Crippen molar-refractivity contribution in [3.63, 3.8) is 0 Å². The number of nitrogens with zero attached hydrogens (tertiary/aromatic N) is 1. The topological polar surface area (TPSA) is 77.1 Å². The van der Waals surface area contributed by atoms with Crippen LogP contribution in [0.1, 0.15) is 11.1 Å². The standard InChI is InChI=1S/C21H24N2O5/c1-26-18-10-6-9-16(20(18)27-2)11-22-21(25)17-13-28-14-19(24)23(17)12-15-7-4-3-5-8-15/h3-10,17H,11-14H2,1-2H3,(H,22,25)/t17-/m0/s1. The van der Waals surface area contributed by atoms with E-state index in [1.54, 1.807) is 25.2 Å². The minimum atomic E-state index is -0.682. The Morgan fingerprint density at radius 2 is 1.93 bits per heavy atom. The zero-order valence-corrected chi connectivity index (χ0v) is 16.0. The lowest BCUT2D eigenvalue weighted by Gasteiger charge is -2.34. The number of ether oxygens (including phenoxy) is 3. The molecular formula is C21H24N2O5. The van der Waals surface area contributed by atoms with Gasteiger partial charge in [0.25, 0.3) is 0 Å². The first-order valence-electron chi connectivity index (χ1n) is 9.02. The van der Waals surface area contributed by atoms with Crippen molar-refractivity contribution >= 4 is 11.8 Å². The molecule has 2 aromatic carbocycles. The summed E-state index contributed by atoms with van der Waals surface area (Å²) in [7, 11) is 3.12. The third-order valence-corrected chi connectivity index (χ3v) is 4.63. The maximum Gasteiger partial charge on any atom is 0.249 e. The van der Waals surface area contributed by atoms with Gasteiger partial charge in [-0.1, -0.05) is 42.5 Å². The van der Waals surface area contributed by atoms with Gasteiger partial charge in [0.05, 0.1) is 20.8 Å². The van der Waals surface area contributed by atoms with Crippen LogP contribution in [0.4, 0.5) is 0 Å². The highest BCUT2D eigenvalue weighted by atomic mass is 16.5. The molecule has 0 radical (unpaired) electrons. The molecule has 1 atom stereocenters. The van der Waals surface area contributed by atoms with Crippen LogP contribution in [0.2, 0.25) is 0 Å². The van der Waals surface area contributed by atoms with Gasteiger partial charge < -0.3 is 24.4 Å². The lowest BCUT2D eigenvalue weighted by Crippen LogP contribution is -2.55. The first kappa shape index (κ1) is 19.7. The van der Waals surface area contributed by atoms with Crippen LogP contribution in [-0.4, -0.2) is 50.2 Å². The summed E-state index contributed by atoms with van der Waals surface area (Å²) in [6.45, 7) is 0.770. The van der Waals surface area contributed by atoms with Crippen molar-refractivity contribution in [2.24, 2.45) is 0 Å². The van der Waals surface area contributed by atoms with Gasteiger partial charge >= 0.3 is 0 Å². The van der Waals surface area contributed by atoms with Crippen molar-refractivity contribution in [1.82, 2.24) is 10.2 Å². The highest BCUT2D eigenvalue weighted by Crippen LogP contribution is 2.30. The number of nitrogens with one attached hydrogen (secondary N) is 1. The van der Waals surface area contributed by atoms with Crippen molar-refractivity contribution in [3.8, 4) is 11.5 Å². The number of carbonyl (C=O) groups excluding carboxylic acids is 2. The Hall–Kier alpha value is -3.06. The molecule has 0 saturated carbocycles. The van der Waals surface area contributed by atoms with Crippen LogP contribution in [-0.2, 0) is 27.4 Å². The molecule has 1 aliphatic rings. The number of benzene rings is 2. The molecule has 1 fully saturated rings. The van der Waals surface area contributed by atoms with Crippen LogP contribution in [0.3, 0.4) is 0 Å². The average Bonchev–Trinajstić information content (AvgIpc) is 2.73. The molecule has 7 nitrogen and oxygen atoms in total.